The smallest absolute Gasteiger partial charge is 0.253 e. The number of nitrogens with one attached hydrogen (secondary N) is 2. The minimum atomic E-state index is -0.0967. The van der Waals surface area contributed by atoms with Crippen molar-refractivity contribution in [1.82, 2.24) is 5.32 Å². The molecule has 0 atom stereocenters. The lowest BCUT2D eigenvalue weighted by atomic mass is 10.1. The van der Waals surface area contributed by atoms with E-state index >= 15 is 0 Å². The van der Waals surface area contributed by atoms with Crippen molar-refractivity contribution in [3.05, 3.63) is 28.8 Å². The summed E-state index contributed by atoms with van der Waals surface area (Å²) in [4.78, 5) is 12.2. The van der Waals surface area contributed by atoms with E-state index in [1.807, 2.05) is 19.2 Å². The van der Waals surface area contributed by atoms with Gasteiger partial charge in [-0.15, -0.1) is 0 Å². The lowest BCUT2D eigenvalue weighted by Gasteiger charge is -2.22. The van der Waals surface area contributed by atoms with E-state index in [1.54, 1.807) is 23.9 Å². The molecule has 0 spiro atoms. The topological polar surface area (TPSA) is 41.1 Å². The molecule has 106 valence electrons. The van der Waals surface area contributed by atoms with Crippen LogP contribution in [0.5, 0.6) is 0 Å². The van der Waals surface area contributed by atoms with Gasteiger partial charge < -0.3 is 10.6 Å². The fourth-order valence-electron chi connectivity index (χ4n) is 1.51. The molecule has 1 aromatic carbocycles. The Morgan fingerprint density at radius 3 is 2.68 bits per heavy atom. The number of benzene rings is 1. The lowest BCUT2D eigenvalue weighted by molar-refractivity contribution is 0.0951. The summed E-state index contributed by atoms with van der Waals surface area (Å²) in [6.45, 7) is 7.57. The van der Waals surface area contributed by atoms with Crippen LogP contribution in [0.25, 0.3) is 0 Å². The van der Waals surface area contributed by atoms with Crippen molar-refractivity contribution in [2.75, 3.05) is 24.7 Å². The van der Waals surface area contributed by atoms with Crippen molar-refractivity contribution in [1.29, 1.82) is 0 Å². The van der Waals surface area contributed by atoms with E-state index in [0.29, 0.717) is 17.1 Å². The van der Waals surface area contributed by atoms with Crippen LogP contribution in [-0.4, -0.2) is 30.0 Å². The monoisotopic (exact) mass is 300 g/mol. The molecule has 2 N–H and O–H groups in total. The van der Waals surface area contributed by atoms with Crippen LogP contribution >= 0.6 is 23.4 Å². The van der Waals surface area contributed by atoms with Crippen LogP contribution in [-0.2, 0) is 0 Å². The summed E-state index contributed by atoms with van der Waals surface area (Å²) in [5, 5.41) is 6.69. The molecule has 0 bridgehead atoms. The first-order valence-corrected chi connectivity index (χ1v) is 7.86. The van der Waals surface area contributed by atoms with Crippen molar-refractivity contribution in [3.8, 4) is 0 Å². The Balaban J connectivity index is 2.83. The SMILES string of the molecule is CCNc1ccc(Cl)cc1C(=O)NCC(C)(C)SC. The summed E-state index contributed by atoms with van der Waals surface area (Å²) in [5.74, 6) is -0.0967. The second kappa shape index (κ2) is 7.06. The molecule has 0 saturated carbocycles. The summed E-state index contributed by atoms with van der Waals surface area (Å²) in [7, 11) is 0. The molecule has 5 heteroatoms. The molecule has 0 unspecified atom stereocenters. The molecule has 0 aliphatic carbocycles. The van der Waals surface area contributed by atoms with E-state index in [-0.39, 0.29) is 10.7 Å². The van der Waals surface area contributed by atoms with E-state index in [2.05, 4.69) is 24.5 Å². The molecule has 19 heavy (non-hydrogen) atoms. The highest BCUT2D eigenvalue weighted by atomic mass is 35.5. The summed E-state index contributed by atoms with van der Waals surface area (Å²) in [5.41, 5.74) is 1.40. The minimum Gasteiger partial charge on any atom is -0.385 e. The standard InChI is InChI=1S/C14H21ClN2OS/c1-5-16-12-7-6-10(15)8-11(12)13(18)17-9-14(2,3)19-4/h6-8,16H,5,9H2,1-4H3,(H,17,18). The average molecular weight is 301 g/mol. The van der Waals surface area contributed by atoms with Crippen LogP contribution in [0.3, 0.4) is 0 Å². The third-order valence-electron chi connectivity index (χ3n) is 2.82. The van der Waals surface area contributed by atoms with Gasteiger partial charge in [0.25, 0.3) is 5.91 Å². The maximum atomic E-state index is 12.2. The van der Waals surface area contributed by atoms with Gasteiger partial charge in [0.1, 0.15) is 0 Å². The average Bonchev–Trinajstić information content (AvgIpc) is 2.38. The van der Waals surface area contributed by atoms with E-state index in [4.69, 9.17) is 11.6 Å². The second-order valence-electron chi connectivity index (χ2n) is 4.87. The van der Waals surface area contributed by atoms with Gasteiger partial charge in [0.05, 0.1) is 5.56 Å². The largest absolute Gasteiger partial charge is 0.385 e. The zero-order valence-corrected chi connectivity index (χ0v) is 13.4. The van der Waals surface area contributed by atoms with Gasteiger partial charge in [0.2, 0.25) is 0 Å². The second-order valence-corrected chi connectivity index (χ2v) is 6.82. The molecule has 0 aliphatic rings. The van der Waals surface area contributed by atoms with Crippen LogP contribution in [0.1, 0.15) is 31.1 Å². The van der Waals surface area contributed by atoms with Gasteiger partial charge in [-0.05, 0) is 45.2 Å². The van der Waals surface area contributed by atoms with Gasteiger partial charge >= 0.3 is 0 Å². The van der Waals surface area contributed by atoms with Crippen molar-refractivity contribution in [3.63, 3.8) is 0 Å². The number of amides is 1. The minimum absolute atomic E-state index is 0.0204. The zero-order chi connectivity index (χ0) is 14.5. The first kappa shape index (κ1) is 16.2. The third-order valence-corrected chi connectivity index (χ3v) is 4.31. The molecular formula is C14H21ClN2OS. The fourth-order valence-corrected chi connectivity index (χ4v) is 1.90. The van der Waals surface area contributed by atoms with Crippen LogP contribution in [0.2, 0.25) is 5.02 Å². The number of carbonyl (C=O) groups excluding carboxylic acids is 1. The molecule has 1 amide bonds. The third kappa shape index (κ3) is 4.96. The first-order valence-electron chi connectivity index (χ1n) is 6.26. The van der Waals surface area contributed by atoms with Gasteiger partial charge in [0.15, 0.2) is 0 Å². The van der Waals surface area contributed by atoms with E-state index in [9.17, 15) is 4.79 Å². The van der Waals surface area contributed by atoms with Crippen LogP contribution in [0.4, 0.5) is 5.69 Å². The Kier molecular flexibility index (Phi) is 6.01. The summed E-state index contributed by atoms with van der Waals surface area (Å²) < 4.78 is 0.0204. The van der Waals surface area contributed by atoms with Crippen molar-refractivity contribution < 1.29 is 4.79 Å². The number of carbonyl (C=O) groups is 1. The zero-order valence-electron chi connectivity index (χ0n) is 11.8. The molecule has 0 saturated heterocycles. The normalized spacial score (nSPS) is 11.2. The highest BCUT2D eigenvalue weighted by Crippen LogP contribution is 2.22. The molecule has 0 aliphatic heterocycles. The summed E-state index contributed by atoms with van der Waals surface area (Å²) in [6.07, 6.45) is 2.04. The summed E-state index contributed by atoms with van der Waals surface area (Å²) >= 11 is 7.69. The Hall–Kier alpha value is -0.870. The van der Waals surface area contributed by atoms with Gasteiger partial charge in [-0.1, -0.05) is 11.6 Å². The van der Waals surface area contributed by atoms with E-state index in [0.717, 1.165) is 12.2 Å². The van der Waals surface area contributed by atoms with Crippen molar-refractivity contribution in [2.24, 2.45) is 0 Å². The highest BCUT2D eigenvalue weighted by Gasteiger charge is 2.19. The Morgan fingerprint density at radius 2 is 2.11 bits per heavy atom. The molecular weight excluding hydrogens is 280 g/mol. The molecule has 0 heterocycles. The molecule has 1 aromatic rings. The first-order chi connectivity index (χ1) is 8.89. The van der Waals surface area contributed by atoms with Crippen molar-refractivity contribution in [2.45, 2.75) is 25.5 Å². The van der Waals surface area contributed by atoms with Gasteiger partial charge in [-0.2, -0.15) is 11.8 Å². The Morgan fingerprint density at radius 1 is 1.42 bits per heavy atom. The van der Waals surface area contributed by atoms with Crippen LogP contribution < -0.4 is 10.6 Å². The van der Waals surface area contributed by atoms with Crippen LogP contribution in [0.15, 0.2) is 18.2 Å². The Labute approximate surface area is 124 Å². The van der Waals surface area contributed by atoms with Crippen LogP contribution in [0, 0.1) is 0 Å². The maximum absolute atomic E-state index is 12.2. The van der Waals surface area contributed by atoms with Crippen molar-refractivity contribution >= 4 is 35.0 Å². The molecule has 0 fully saturated rings. The molecule has 3 nitrogen and oxygen atoms in total. The predicted octanol–water partition coefficient (Wildman–Crippen LogP) is 3.64. The maximum Gasteiger partial charge on any atom is 0.253 e. The lowest BCUT2D eigenvalue weighted by Crippen LogP contribution is -2.36. The number of halogens is 1. The number of rotatable bonds is 6. The summed E-state index contributed by atoms with van der Waals surface area (Å²) in [6, 6.07) is 5.31. The number of hydrogen-bond acceptors (Lipinski definition) is 3. The van der Waals surface area contributed by atoms with E-state index in [1.165, 1.54) is 0 Å². The Bertz CT molecular complexity index is 449. The molecule has 1 rings (SSSR count). The van der Waals surface area contributed by atoms with Gasteiger partial charge in [-0.3, -0.25) is 4.79 Å². The van der Waals surface area contributed by atoms with Gasteiger partial charge in [0, 0.05) is 28.5 Å². The molecule has 0 aromatic heterocycles. The number of anilines is 1. The number of thioether (sulfide) groups is 1. The number of hydrogen-bond donors (Lipinski definition) is 2. The van der Waals surface area contributed by atoms with E-state index < -0.39 is 0 Å². The molecule has 0 radical (unpaired) electrons. The predicted molar refractivity (Wildman–Crippen MR) is 85.5 cm³/mol. The quantitative estimate of drug-likeness (QED) is 0.842. The van der Waals surface area contributed by atoms with Gasteiger partial charge in [-0.25, -0.2) is 0 Å². The highest BCUT2D eigenvalue weighted by molar-refractivity contribution is 7.99. The fraction of sp³-hybridized carbons (Fsp3) is 0.500.